The van der Waals surface area contributed by atoms with Crippen LogP contribution in [0.5, 0.6) is 0 Å². The molecule has 19 heavy (non-hydrogen) atoms. The summed E-state index contributed by atoms with van der Waals surface area (Å²) in [6.07, 6.45) is 3.42. The summed E-state index contributed by atoms with van der Waals surface area (Å²) in [4.78, 5) is 33.9. The number of rotatable bonds is 2. The van der Waals surface area contributed by atoms with Crippen molar-refractivity contribution in [2.45, 2.75) is 0 Å². The lowest BCUT2D eigenvalue weighted by Crippen LogP contribution is -2.08. The Morgan fingerprint density at radius 3 is 2.37 bits per heavy atom. The third-order valence-corrected chi connectivity index (χ3v) is 3.15. The Hall–Kier alpha value is -1.91. The van der Waals surface area contributed by atoms with Gasteiger partial charge in [-0.25, -0.2) is 4.79 Å². The lowest BCUT2D eigenvalue weighted by Gasteiger charge is -2.11. The van der Waals surface area contributed by atoms with Crippen LogP contribution in [0.3, 0.4) is 0 Å². The number of carbonyl (C=O) groups is 3. The van der Waals surface area contributed by atoms with Crippen molar-refractivity contribution >= 4 is 46.3 Å². The fourth-order valence-corrected chi connectivity index (χ4v) is 2.15. The zero-order chi connectivity index (χ0) is 14.2. The van der Waals surface area contributed by atoms with Crippen LogP contribution < -0.4 is 0 Å². The molecule has 0 spiro atoms. The van der Waals surface area contributed by atoms with Gasteiger partial charge in [-0.2, -0.15) is 0 Å². The van der Waals surface area contributed by atoms with E-state index in [1.165, 1.54) is 6.07 Å². The molecule has 0 heterocycles. The number of aromatic carboxylic acids is 1. The topological polar surface area (TPSA) is 71.4 Å². The molecule has 0 aliphatic heterocycles. The van der Waals surface area contributed by atoms with E-state index in [1.807, 2.05) is 0 Å². The van der Waals surface area contributed by atoms with Crippen LogP contribution in [-0.2, 0) is 9.59 Å². The fourth-order valence-electron chi connectivity index (χ4n) is 1.64. The lowest BCUT2D eigenvalue weighted by molar-refractivity contribution is -0.113. The molecular weight excluding hydrogens is 291 g/mol. The number of carboxylic acids is 1. The quantitative estimate of drug-likeness (QED) is 0.852. The van der Waals surface area contributed by atoms with Gasteiger partial charge in [0, 0.05) is 16.2 Å². The second-order valence-corrected chi connectivity index (χ2v) is 4.59. The minimum Gasteiger partial charge on any atom is -0.478 e. The van der Waals surface area contributed by atoms with Gasteiger partial charge in [-0.05, 0) is 30.4 Å². The number of hydrogen-bond donors (Lipinski definition) is 1. The smallest absolute Gasteiger partial charge is 0.337 e. The van der Waals surface area contributed by atoms with Crippen molar-refractivity contribution in [1.82, 2.24) is 0 Å². The summed E-state index contributed by atoms with van der Waals surface area (Å²) < 4.78 is 0. The van der Waals surface area contributed by atoms with Gasteiger partial charge >= 0.3 is 5.97 Å². The molecule has 0 amide bonds. The van der Waals surface area contributed by atoms with Crippen LogP contribution in [0, 0.1) is 0 Å². The summed E-state index contributed by atoms with van der Waals surface area (Å²) in [6.45, 7) is 0. The van der Waals surface area contributed by atoms with Gasteiger partial charge in [0.25, 0.3) is 0 Å². The van der Waals surface area contributed by atoms with E-state index >= 15 is 0 Å². The van der Waals surface area contributed by atoms with Crippen LogP contribution >= 0.6 is 23.2 Å². The highest BCUT2D eigenvalue weighted by atomic mass is 35.5. The summed E-state index contributed by atoms with van der Waals surface area (Å²) in [5, 5.41) is 8.89. The molecular formula is C13H6Cl2O4. The summed E-state index contributed by atoms with van der Waals surface area (Å²) in [5.41, 5.74) is 0.164. The molecule has 0 bridgehead atoms. The van der Waals surface area contributed by atoms with E-state index in [9.17, 15) is 14.4 Å². The third kappa shape index (κ3) is 2.59. The van der Waals surface area contributed by atoms with E-state index in [1.54, 1.807) is 0 Å². The van der Waals surface area contributed by atoms with E-state index in [0.29, 0.717) is 0 Å². The maximum atomic E-state index is 11.7. The minimum absolute atomic E-state index is 0.0458. The highest BCUT2D eigenvalue weighted by molar-refractivity contribution is 6.41. The van der Waals surface area contributed by atoms with Gasteiger partial charge in [0.1, 0.15) is 0 Å². The molecule has 0 aromatic heterocycles. The average Bonchev–Trinajstić information content (AvgIpc) is 2.34. The predicted molar refractivity (Wildman–Crippen MR) is 70.6 cm³/mol. The molecule has 0 unspecified atom stereocenters. The Labute approximate surface area is 117 Å². The maximum absolute atomic E-state index is 11.7. The molecule has 1 N–H and O–H groups in total. The highest BCUT2D eigenvalue weighted by Gasteiger charge is 2.20. The molecule has 1 aromatic carbocycles. The van der Waals surface area contributed by atoms with Crippen molar-refractivity contribution in [1.29, 1.82) is 0 Å². The molecule has 0 atom stereocenters. The van der Waals surface area contributed by atoms with Crippen LogP contribution in [0.15, 0.2) is 30.4 Å². The van der Waals surface area contributed by atoms with Gasteiger partial charge in [0.15, 0.2) is 11.6 Å². The Balaban J connectivity index is 2.59. The molecule has 0 saturated carbocycles. The van der Waals surface area contributed by atoms with Crippen molar-refractivity contribution in [2.75, 3.05) is 0 Å². The summed E-state index contributed by atoms with van der Waals surface area (Å²) in [5.74, 6) is -1.96. The van der Waals surface area contributed by atoms with Crippen molar-refractivity contribution in [2.24, 2.45) is 0 Å². The predicted octanol–water partition coefficient (Wildman–Crippen LogP) is 2.78. The fraction of sp³-hybridized carbons (Fsp3) is 0. The first-order valence-electron chi connectivity index (χ1n) is 5.11. The standard InChI is InChI=1S/C13H6Cl2O4/c14-10-5-9(13(18)19)11(15)4-7(10)8-3-6(16)1-2-12(8)17/h1-5H,(H,18,19). The van der Waals surface area contributed by atoms with Gasteiger partial charge in [-0.3, -0.25) is 9.59 Å². The average molecular weight is 297 g/mol. The number of carbonyl (C=O) groups excluding carboxylic acids is 2. The third-order valence-electron chi connectivity index (χ3n) is 2.53. The van der Waals surface area contributed by atoms with Crippen molar-refractivity contribution < 1.29 is 19.5 Å². The van der Waals surface area contributed by atoms with Gasteiger partial charge in [0.2, 0.25) is 0 Å². The van der Waals surface area contributed by atoms with Crippen LogP contribution in [0.2, 0.25) is 10.0 Å². The zero-order valence-electron chi connectivity index (χ0n) is 9.31. The maximum Gasteiger partial charge on any atom is 0.337 e. The van der Waals surface area contributed by atoms with E-state index in [2.05, 4.69) is 0 Å². The normalized spacial score (nSPS) is 14.5. The van der Waals surface area contributed by atoms with Crippen LogP contribution in [0.4, 0.5) is 0 Å². The number of ketones is 2. The monoisotopic (exact) mass is 296 g/mol. The number of carboxylic acid groups (broad SMARTS) is 1. The van der Waals surface area contributed by atoms with Crippen molar-refractivity contribution in [3.63, 3.8) is 0 Å². The summed E-state index contributed by atoms with van der Waals surface area (Å²) in [6, 6.07) is 2.42. The first-order valence-corrected chi connectivity index (χ1v) is 5.86. The second kappa shape index (κ2) is 4.99. The molecule has 6 heteroatoms. The van der Waals surface area contributed by atoms with E-state index < -0.39 is 5.97 Å². The minimum atomic E-state index is -1.22. The lowest BCUT2D eigenvalue weighted by atomic mass is 9.95. The van der Waals surface area contributed by atoms with E-state index in [-0.39, 0.29) is 38.3 Å². The van der Waals surface area contributed by atoms with E-state index in [4.69, 9.17) is 28.3 Å². The summed E-state index contributed by atoms with van der Waals surface area (Å²) in [7, 11) is 0. The molecule has 0 fully saturated rings. The van der Waals surface area contributed by atoms with Gasteiger partial charge in [-0.15, -0.1) is 0 Å². The second-order valence-electron chi connectivity index (χ2n) is 3.78. The molecule has 0 radical (unpaired) electrons. The SMILES string of the molecule is O=C1C=CC(=O)C(c2cc(Cl)c(C(=O)O)cc2Cl)=C1. The number of benzene rings is 1. The molecule has 96 valence electrons. The Kier molecular flexibility index (Phi) is 3.55. The first-order chi connectivity index (χ1) is 8.90. The molecule has 1 aromatic rings. The van der Waals surface area contributed by atoms with Crippen LogP contribution in [0.25, 0.3) is 5.57 Å². The molecule has 1 aliphatic carbocycles. The largest absolute Gasteiger partial charge is 0.478 e. The van der Waals surface area contributed by atoms with Gasteiger partial charge in [0.05, 0.1) is 10.6 Å². The number of hydrogen-bond acceptors (Lipinski definition) is 3. The molecule has 4 nitrogen and oxygen atoms in total. The van der Waals surface area contributed by atoms with Crippen molar-refractivity contribution in [3.8, 4) is 0 Å². The van der Waals surface area contributed by atoms with Crippen LogP contribution in [-0.4, -0.2) is 22.6 Å². The van der Waals surface area contributed by atoms with Crippen molar-refractivity contribution in [3.05, 3.63) is 51.5 Å². The van der Waals surface area contributed by atoms with Crippen LogP contribution in [0.1, 0.15) is 15.9 Å². The van der Waals surface area contributed by atoms with Gasteiger partial charge in [-0.1, -0.05) is 23.2 Å². The summed E-state index contributed by atoms with van der Waals surface area (Å²) >= 11 is 11.8. The molecule has 2 rings (SSSR count). The molecule has 1 aliphatic rings. The van der Waals surface area contributed by atoms with Gasteiger partial charge < -0.3 is 5.11 Å². The number of allylic oxidation sites excluding steroid dienone is 4. The van der Waals surface area contributed by atoms with E-state index in [0.717, 1.165) is 24.3 Å². The Morgan fingerprint density at radius 1 is 1.05 bits per heavy atom. The molecule has 0 saturated heterocycles. The Morgan fingerprint density at radius 2 is 1.74 bits per heavy atom. The number of halogens is 2. The first kappa shape index (κ1) is 13.5. The Bertz CT molecular complexity index is 671. The highest BCUT2D eigenvalue weighted by Crippen LogP contribution is 2.31. The zero-order valence-corrected chi connectivity index (χ0v) is 10.8.